The van der Waals surface area contributed by atoms with E-state index in [9.17, 15) is 14.4 Å². The molecule has 0 aliphatic carbocycles. The summed E-state index contributed by atoms with van der Waals surface area (Å²) >= 11 is 0.806. The number of carbonyl (C=O) groups is 1. The summed E-state index contributed by atoms with van der Waals surface area (Å²) in [7, 11) is 0. The summed E-state index contributed by atoms with van der Waals surface area (Å²) in [5.74, 6) is -1.45. The van der Waals surface area contributed by atoms with E-state index in [1.54, 1.807) is 0 Å². The number of rotatable bonds is 3. The number of hydrogen-bond acceptors (Lipinski definition) is 6. The van der Waals surface area contributed by atoms with Crippen molar-refractivity contribution in [3.05, 3.63) is 38.7 Å². The number of nitrogens with one attached hydrogen (secondary N) is 2. The van der Waals surface area contributed by atoms with Crippen molar-refractivity contribution in [1.82, 2.24) is 15.2 Å². The van der Waals surface area contributed by atoms with Crippen molar-refractivity contribution >= 4 is 17.7 Å². The second-order valence-corrected chi connectivity index (χ2v) is 3.83. The van der Waals surface area contributed by atoms with Crippen LogP contribution in [0.1, 0.15) is 10.6 Å². The second-order valence-electron chi connectivity index (χ2n) is 2.84. The molecule has 0 aliphatic heterocycles. The van der Waals surface area contributed by atoms with E-state index < -0.39 is 17.2 Å². The van der Waals surface area contributed by atoms with Crippen LogP contribution in [-0.2, 0) is 0 Å². The molecular formula is C8H5N3O5S. The number of carboxylic acids is 1. The summed E-state index contributed by atoms with van der Waals surface area (Å²) in [6.07, 6.45) is 0. The van der Waals surface area contributed by atoms with E-state index in [0.717, 1.165) is 11.8 Å². The van der Waals surface area contributed by atoms with Gasteiger partial charge in [0.15, 0.2) is 10.1 Å². The quantitative estimate of drug-likeness (QED) is 0.698. The number of nitrogens with zero attached hydrogens (tertiary/aromatic N) is 1. The van der Waals surface area contributed by atoms with Crippen LogP contribution in [-0.4, -0.2) is 26.3 Å². The number of hydrogen-bond donors (Lipinski definition) is 3. The number of H-pyrrole nitrogens is 2. The van der Waals surface area contributed by atoms with Gasteiger partial charge in [0.05, 0.1) is 0 Å². The third-order valence-electron chi connectivity index (χ3n) is 1.67. The van der Waals surface area contributed by atoms with Gasteiger partial charge in [0.2, 0.25) is 5.76 Å². The van der Waals surface area contributed by atoms with Crippen molar-refractivity contribution in [2.24, 2.45) is 0 Å². The zero-order chi connectivity index (χ0) is 12.4. The Morgan fingerprint density at radius 2 is 2.18 bits per heavy atom. The predicted octanol–water partition coefficient (Wildman–Crippen LogP) is -0.0994. The maximum Gasteiger partial charge on any atom is 0.371 e. The van der Waals surface area contributed by atoms with Gasteiger partial charge in [-0.15, -0.1) is 0 Å². The average Bonchev–Trinajstić information content (AvgIpc) is 2.71. The SMILES string of the molecule is O=C(O)c1ccc(Sc2n[nH]c(=O)[nH]c2=O)o1. The number of aromatic amines is 2. The summed E-state index contributed by atoms with van der Waals surface area (Å²) in [6, 6.07) is 2.64. The van der Waals surface area contributed by atoms with Crippen LogP contribution < -0.4 is 11.2 Å². The molecule has 88 valence electrons. The van der Waals surface area contributed by atoms with Crippen molar-refractivity contribution in [2.45, 2.75) is 10.1 Å². The smallest absolute Gasteiger partial charge is 0.371 e. The lowest BCUT2D eigenvalue weighted by Crippen LogP contribution is -2.24. The van der Waals surface area contributed by atoms with Gasteiger partial charge in [0.25, 0.3) is 5.56 Å². The Morgan fingerprint density at radius 3 is 2.76 bits per heavy atom. The molecule has 3 N–H and O–H groups in total. The van der Waals surface area contributed by atoms with Crippen LogP contribution in [0.5, 0.6) is 0 Å². The Balaban J connectivity index is 2.28. The molecule has 2 aromatic rings. The maximum absolute atomic E-state index is 11.3. The standard InChI is InChI=1S/C8H5N3O5S/c12-5-6(10-11-8(15)9-5)17-4-2-1-3(16-4)7(13)14/h1-2H,(H,13,14)(H2,9,11,12,15). The van der Waals surface area contributed by atoms with Gasteiger partial charge >= 0.3 is 11.7 Å². The molecule has 0 amide bonds. The molecule has 17 heavy (non-hydrogen) atoms. The highest BCUT2D eigenvalue weighted by atomic mass is 32.2. The molecule has 2 aromatic heterocycles. The van der Waals surface area contributed by atoms with Gasteiger partial charge in [0, 0.05) is 0 Å². The third kappa shape index (κ3) is 2.45. The minimum atomic E-state index is -1.21. The van der Waals surface area contributed by atoms with E-state index in [0.29, 0.717) is 0 Å². The van der Waals surface area contributed by atoms with Crippen LogP contribution in [0.4, 0.5) is 0 Å². The van der Waals surface area contributed by atoms with Crippen LogP contribution in [0.25, 0.3) is 0 Å². The fourth-order valence-electron chi connectivity index (χ4n) is 0.991. The van der Waals surface area contributed by atoms with Crippen LogP contribution in [0, 0.1) is 0 Å². The Hall–Kier alpha value is -2.29. The molecular weight excluding hydrogens is 250 g/mol. The minimum absolute atomic E-state index is 0.0455. The summed E-state index contributed by atoms with van der Waals surface area (Å²) < 4.78 is 4.91. The first-order valence-corrected chi connectivity index (χ1v) is 5.08. The summed E-state index contributed by atoms with van der Waals surface area (Å²) in [5, 5.41) is 14.3. The molecule has 2 rings (SSSR count). The van der Waals surface area contributed by atoms with Crippen molar-refractivity contribution in [2.75, 3.05) is 0 Å². The molecule has 0 unspecified atom stereocenters. The van der Waals surface area contributed by atoms with Gasteiger partial charge in [-0.2, -0.15) is 5.10 Å². The highest BCUT2D eigenvalue weighted by molar-refractivity contribution is 7.99. The molecule has 0 radical (unpaired) electrons. The lowest BCUT2D eigenvalue weighted by Gasteiger charge is -1.93. The van der Waals surface area contributed by atoms with Gasteiger partial charge < -0.3 is 9.52 Å². The molecule has 9 heteroatoms. The first kappa shape index (κ1) is 11.2. The Bertz CT molecular complexity index is 670. The van der Waals surface area contributed by atoms with Gasteiger partial charge in [0.1, 0.15) is 0 Å². The predicted molar refractivity (Wildman–Crippen MR) is 55.3 cm³/mol. The minimum Gasteiger partial charge on any atom is -0.475 e. The molecule has 0 aliphatic rings. The van der Waals surface area contributed by atoms with Gasteiger partial charge in [-0.3, -0.25) is 9.78 Å². The monoisotopic (exact) mass is 255 g/mol. The van der Waals surface area contributed by atoms with Crippen LogP contribution in [0.15, 0.2) is 36.3 Å². The van der Waals surface area contributed by atoms with Crippen molar-refractivity contribution < 1.29 is 14.3 Å². The Kier molecular flexibility index (Phi) is 2.83. The molecule has 8 nitrogen and oxygen atoms in total. The highest BCUT2D eigenvalue weighted by Gasteiger charge is 2.12. The van der Waals surface area contributed by atoms with Gasteiger partial charge in [-0.05, 0) is 23.9 Å². The van der Waals surface area contributed by atoms with Crippen LogP contribution >= 0.6 is 11.8 Å². The molecule has 0 bridgehead atoms. The van der Waals surface area contributed by atoms with E-state index in [1.165, 1.54) is 12.1 Å². The lowest BCUT2D eigenvalue weighted by molar-refractivity contribution is 0.0656. The number of aromatic nitrogens is 3. The molecule has 0 saturated heterocycles. The van der Waals surface area contributed by atoms with Crippen molar-refractivity contribution in [3.8, 4) is 0 Å². The van der Waals surface area contributed by atoms with Gasteiger partial charge in [-0.1, -0.05) is 0 Å². The second kappa shape index (κ2) is 4.29. The van der Waals surface area contributed by atoms with Crippen LogP contribution in [0.3, 0.4) is 0 Å². The number of furan rings is 1. The fraction of sp³-hybridized carbons (Fsp3) is 0. The Morgan fingerprint density at radius 1 is 1.41 bits per heavy atom. The number of carboxylic acid groups (broad SMARTS) is 1. The van der Waals surface area contributed by atoms with E-state index in [4.69, 9.17) is 9.52 Å². The fourth-order valence-corrected chi connectivity index (χ4v) is 1.68. The van der Waals surface area contributed by atoms with Crippen LogP contribution in [0.2, 0.25) is 0 Å². The van der Waals surface area contributed by atoms with Gasteiger partial charge in [-0.25, -0.2) is 14.7 Å². The summed E-state index contributed by atoms with van der Waals surface area (Å²) in [4.78, 5) is 34.5. The molecule has 0 atom stereocenters. The largest absolute Gasteiger partial charge is 0.475 e. The zero-order valence-electron chi connectivity index (χ0n) is 8.09. The average molecular weight is 255 g/mol. The van der Waals surface area contributed by atoms with E-state index >= 15 is 0 Å². The van der Waals surface area contributed by atoms with E-state index in [-0.39, 0.29) is 15.9 Å². The lowest BCUT2D eigenvalue weighted by atomic mass is 10.5. The Labute approximate surface area is 96.7 Å². The zero-order valence-corrected chi connectivity index (χ0v) is 8.91. The molecule has 0 spiro atoms. The first-order chi connectivity index (χ1) is 8.06. The van der Waals surface area contributed by atoms with E-state index in [1.807, 2.05) is 4.98 Å². The molecule has 0 aromatic carbocycles. The third-order valence-corrected chi connectivity index (χ3v) is 2.56. The summed E-state index contributed by atoms with van der Waals surface area (Å²) in [5.41, 5.74) is -1.39. The highest BCUT2D eigenvalue weighted by Crippen LogP contribution is 2.24. The molecule has 2 heterocycles. The first-order valence-electron chi connectivity index (χ1n) is 4.26. The normalized spacial score (nSPS) is 10.4. The van der Waals surface area contributed by atoms with E-state index in [2.05, 4.69) is 10.2 Å². The maximum atomic E-state index is 11.3. The topological polar surface area (TPSA) is 129 Å². The summed E-state index contributed by atoms with van der Waals surface area (Å²) in [6.45, 7) is 0. The molecule has 0 fully saturated rings. The number of aromatic carboxylic acids is 1. The molecule has 0 saturated carbocycles. The van der Waals surface area contributed by atoms with Crippen molar-refractivity contribution in [3.63, 3.8) is 0 Å². The van der Waals surface area contributed by atoms with Crippen molar-refractivity contribution in [1.29, 1.82) is 0 Å².